The molecule has 102 valence electrons. The molecule has 0 aliphatic heterocycles. The van der Waals surface area contributed by atoms with Crippen LogP contribution in [0.3, 0.4) is 0 Å². The zero-order valence-corrected chi connectivity index (χ0v) is 11.7. The van der Waals surface area contributed by atoms with Crippen molar-refractivity contribution in [2.24, 2.45) is 0 Å². The normalized spacial score (nSPS) is 13.7. The summed E-state index contributed by atoms with van der Waals surface area (Å²) < 4.78 is 44.3. The van der Waals surface area contributed by atoms with Crippen LogP contribution in [0.2, 0.25) is 0 Å². The highest BCUT2D eigenvalue weighted by Gasteiger charge is 2.21. The number of rotatable bonds is 5. The zero-order chi connectivity index (χ0) is 13.9. The fourth-order valence-corrected chi connectivity index (χ4v) is 2.38. The molecule has 1 unspecified atom stereocenters. The Hall–Kier alpha value is -1.14. The molecule has 1 N–H and O–H groups in total. The summed E-state index contributed by atoms with van der Waals surface area (Å²) in [7, 11) is -1.95. The molecule has 1 aromatic carbocycles. The van der Waals surface area contributed by atoms with Crippen molar-refractivity contribution in [3.8, 4) is 5.75 Å². The van der Waals surface area contributed by atoms with Gasteiger partial charge < -0.3 is 4.74 Å². The molecule has 0 bridgehead atoms. The number of nitrogens with one attached hydrogen (secondary N) is 1. The molecule has 1 atom stereocenters. The fourth-order valence-electron chi connectivity index (χ4n) is 1.49. The van der Waals surface area contributed by atoms with Crippen LogP contribution in [0.25, 0.3) is 0 Å². The van der Waals surface area contributed by atoms with Crippen LogP contribution < -0.4 is 9.46 Å². The number of methoxy groups -OCH3 is 1. The first-order chi connectivity index (χ1) is 8.27. The van der Waals surface area contributed by atoms with Gasteiger partial charge in [0, 0.05) is 11.6 Å². The molecule has 0 saturated heterocycles. The van der Waals surface area contributed by atoms with Gasteiger partial charge in [0.25, 0.3) is 0 Å². The second-order valence-corrected chi connectivity index (χ2v) is 6.59. The predicted octanol–water partition coefficient (Wildman–Crippen LogP) is 2.22. The molecule has 0 aromatic heterocycles. The van der Waals surface area contributed by atoms with Gasteiger partial charge >= 0.3 is 0 Å². The molecule has 0 fully saturated rings. The molecular formula is C12H18FNO3S. The Kier molecular flexibility index (Phi) is 4.70. The minimum atomic E-state index is -3.41. The lowest BCUT2D eigenvalue weighted by molar-refractivity contribution is 0.403. The second kappa shape index (κ2) is 5.67. The standard InChI is InChI=1S/C12H18FNO3S/c1-8(2)18(15,16)14-9(3)11-7-10(13)5-6-12(11)17-4/h5-9,14H,1-4H3. The van der Waals surface area contributed by atoms with E-state index in [9.17, 15) is 12.8 Å². The highest BCUT2D eigenvalue weighted by atomic mass is 32.2. The summed E-state index contributed by atoms with van der Waals surface area (Å²) in [5.41, 5.74) is 0.474. The van der Waals surface area contributed by atoms with Gasteiger partial charge in [0.2, 0.25) is 10.0 Å². The average molecular weight is 275 g/mol. The third kappa shape index (κ3) is 3.43. The van der Waals surface area contributed by atoms with Gasteiger partial charge in [0.05, 0.1) is 12.4 Å². The van der Waals surface area contributed by atoms with Crippen LogP contribution in [-0.2, 0) is 10.0 Å². The van der Waals surface area contributed by atoms with Gasteiger partial charge in [0.1, 0.15) is 11.6 Å². The lowest BCUT2D eigenvalue weighted by atomic mass is 10.1. The molecular weight excluding hydrogens is 257 g/mol. The van der Waals surface area contributed by atoms with E-state index in [1.54, 1.807) is 20.8 Å². The summed E-state index contributed by atoms with van der Waals surface area (Å²) in [5.74, 6) is 0.0248. The van der Waals surface area contributed by atoms with Crippen molar-refractivity contribution in [2.75, 3.05) is 7.11 Å². The molecule has 0 amide bonds. The summed E-state index contributed by atoms with van der Waals surface area (Å²) in [4.78, 5) is 0. The van der Waals surface area contributed by atoms with Gasteiger partial charge in [-0.05, 0) is 39.0 Å². The van der Waals surface area contributed by atoms with Crippen LogP contribution in [0.4, 0.5) is 4.39 Å². The van der Waals surface area contributed by atoms with E-state index in [4.69, 9.17) is 4.74 Å². The van der Waals surface area contributed by atoms with Crippen LogP contribution >= 0.6 is 0 Å². The van der Waals surface area contributed by atoms with Gasteiger partial charge in [-0.15, -0.1) is 0 Å². The van der Waals surface area contributed by atoms with Gasteiger partial charge in [-0.3, -0.25) is 0 Å². The van der Waals surface area contributed by atoms with Crippen molar-refractivity contribution in [2.45, 2.75) is 32.1 Å². The molecule has 0 heterocycles. The molecule has 0 spiro atoms. The number of hydrogen-bond acceptors (Lipinski definition) is 3. The minimum absolute atomic E-state index is 0.429. The predicted molar refractivity (Wildman–Crippen MR) is 68.6 cm³/mol. The van der Waals surface area contributed by atoms with E-state index < -0.39 is 27.1 Å². The van der Waals surface area contributed by atoms with E-state index in [0.29, 0.717) is 11.3 Å². The van der Waals surface area contributed by atoms with Gasteiger partial charge in [-0.1, -0.05) is 0 Å². The van der Waals surface area contributed by atoms with E-state index in [1.165, 1.54) is 25.3 Å². The molecule has 1 rings (SSSR count). The van der Waals surface area contributed by atoms with Crippen molar-refractivity contribution < 1.29 is 17.5 Å². The maximum Gasteiger partial charge on any atom is 0.214 e. The lowest BCUT2D eigenvalue weighted by Crippen LogP contribution is -2.33. The van der Waals surface area contributed by atoms with E-state index in [-0.39, 0.29) is 0 Å². The van der Waals surface area contributed by atoms with E-state index >= 15 is 0 Å². The summed E-state index contributed by atoms with van der Waals surface area (Å²) in [6.07, 6.45) is 0. The zero-order valence-electron chi connectivity index (χ0n) is 10.9. The van der Waals surface area contributed by atoms with Crippen molar-refractivity contribution in [3.63, 3.8) is 0 Å². The molecule has 0 saturated carbocycles. The SMILES string of the molecule is COc1ccc(F)cc1C(C)NS(=O)(=O)C(C)C. The van der Waals surface area contributed by atoms with E-state index in [0.717, 1.165) is 0 Å². The Balaban J connectivity index is 3.04. The Bertz CT molecular complexity index is 514. The van der Waals surface area contributed by atoms with Crippen LogP contribution in [0.1, 0.15) is 32.4 Å². The second-order valence-electron chi connectivity index (χ2n) is 4.32. The molecule has 6 heteroatoms. The van der Waals surface area contributed by atoms with Crippen LogP contribution in [-0.4, -0.2) is 20.8 Å². The van der Waals surface area contributed by atoms with Crippen LogP contribution in [0.15, 0.2) is 18.2 Å². The van der Waals surface area contributed by atoms with Gasteiger partial charge in [-0.2, -0.15) is 0 Å². The largest absolute Gasteiger partial charge is 0.496 e. The van der Waals surface area contributed by atoms with Crippen LogP contribution in [0.5, 0.6) is 5.75 Å². The summed E-state index contributed by atoms with van der Waals surface area (Å²) in [6.45, 7) is 4.81. The van der Waals surface area contributed by atoms with Crippen molar-refractivity contribution >= 4 is 10.0 Å². The summed E-state index contributed by atoms with van der Waals surface area (Å²) in [6, 6.07) is 3.46. The molecule has 0 aliphatic carbocycles. The average Bonchev–Trinajstić information content (AvgIpc) is 2.28. The highest BCUT2D eigenvalue weighted by molar-refractivity contribution is 7.90. The number of sulfonamides is 1. The third-order valence-corrected chi connectivity index (χ3v) is 4.54. The first-order valence-corrected chi connectivity index (χ1v) is 7.17. The van der Waals surface area contributed by atoms with Crippen molar-refractivity contribution in [1.29, 1.82) is 0 Å². The molecule has 0 radical (unpaired) electrons. The summed E-state index contributed by atoms with van der Waals surface area (Å²) in [5, 5.41) is -0.542. The Morgan fingerprint density at radius 1 is 1.28 bits per heavy atom. The molecule has 1 aromatic rings. The van der Waals surface area contributed by atoms with Crippen LogP contribution in [0, 0.1) is 5.82 Å². The Morgan fingerprint density at radius 3 is 2.39 bits per heavy atom. The quantitative estimate of drug-likeness (QED) is 0.896. The monoisotopic (exact) mass is 275 g/mol. The third-order valence-electron chi connectivity index (χ3n) is 2.62. The smallest absolute Gasteiger partial charge is 0.214 e. The van der Waals surface area contributed by atoms with Crippen molar-refractivity contribution in [3.05, 3.63) is 29.6 Å². The van der Waals surface area contributed by atoms with Gasteiger partial charge in [0.15, 0.2) is 0 Å². The fraction of sp³-hybridized carbons (Fsp3) is 0.500. The number of ether oxygens (including phenoxy) is 1. The topological polar surface area (TPSA) is 55.4 Å². The van der Waals surface area contributed by atoms with Gasteiger partial charge in [-0.25, -0.2) is 17.5 Å². The minimum Gasteiger partial charge on any atom is -0.496 e. The molecule has 4 nitrogen and oxygen atoms in total. The maximum absolute atomic E-state index is 13.2. The highest BCUT2D eigenvalue weighted by Crippen LogP contribution is 2.26. The Morgan fingerprint density at radius 2 is 1.89 bits per heavy atom. The number of halogens is 1. The molecule has 0 aliphatic rings. The maximum atomic E-state index is 13.2. The Labute approximate surface area is 107 Å². The summed E-state index contributed by atoms with van der Waals surface area (Å²) >= 11 is 0. The van der Waals surface area contributed by atoms with E-state index in [2.05, 4.69) is 4.72 Å². The lowest BCUT2D eigenvalue weighted by Gasteiger charge is -2.18. The van der Waals surface area contributed by atoms with E-state index in [1.807, 2.05) is 0 Å². The van der Waals surface area contributed by atoms with Crippen molar-refractivity contribution in [1.82, 2.24) is 4.72 Å². The number of hydrogen-bond donors (Lipinski definition) is 1. The molecule has 18 heavy (non-hydrogen) atoms. The number of benzene rings is 1. The first-order valence-electron chi connectivity index (χ1n) is 5.62. The first kappa shape index (κ1) is 14.9.